The van der Waals surface area contributed by atoms with Gasteiger partial charge < -0.3 is 5.11 Å². The van der Waals surface area contributed by atoms with Gasteiger partial charge in [0, 0.05) is 25.8 Å². The third-order valence-electron chi connectivity index (χ3n) is 3.07. The zero-order chi connectivity index (χ0) is 13.2. The normalized spacial score (nSPS) is 16.2. The molecule has 0 spiro atoms. The second kappa shape index (κ2) is 4.73. The Morgan fingerprint density at radius 1 is 1.47 bits per heavy atom. The van der Waals surface area contributed by atoms with Crippen LogP contribution in [0.25, 0.3) is 0 Å². The number of rotatable bonds is 4. The lowest BCUT2D eigenvalue weighted by Gasteiger charge is -2.38. The Hall–Kier alpha value is -2.35. The second-order valence-corrected chi connectivity index (χ2v) is 4.44. The molecule has 2 aromatic rings. The molecule has 8 nitrogen and oxygen atoms in total. The monoisotopic (exact) mass is 260 g/mol. The summed E-state index contributed by atoms with van der Waals surface area (Å²) in [5.41, 5.74) is 0.951. The quantitative estimate of drug-likeness (QED) is 0.814. The number of aromatic carboxylic acids is 1. The SMILES string of the molecule is O=C(O)c1cn(C2CN(Cc3ccncn3)C2)nn1. The first-order chi connectivity index (χ1) is 9.22. The summed E-state index contributed by atoms with van der Waals surface area (Å²) in [5.74, 6) is -1.05. The number of nitrogens with zero attached hydrogens (tertiary/aromatic N) is 6. The third-order valence-corrected chi connectivity index (χ3v) is 3.07. The molecule has 1 aliphatic rings. The molecule has 0 amide bonds. The first-order valence-corrected chi connectivity index (χ1v) is 5.85. The van der Waals surface area contributed by atoms with Crippen molar-refractivity contribution in [2.45, 2.75) is 12.6 Å². The van der Waals surface area contributed by atoms with Gasteiger partial charge in [-0.15, -0.1) is 5.10 Å². The van der Waals surface area contributed by atoms with Crippen LogP contribution in [0.1, 0.15) is 22.2 Å². The molecule has 0 atom stereocenters. The lowest BCUT2D eigenvalue weighted by atomic mass is 10.1. The molecule has 0 radical (unpaired) electrons. The lowest BCUT2D eigenvalue weighted by Crippen LogP contribution is -2.47. The van der Waals surface area contributed by atoms with Gasteiger partial charge >= 0.3 is 5.97 Å². The molecule has 0 aromatic carbocycles. The van der Waals surface area contributed by atoms with E-state index in [9.17, 15) is 4.79 Å². The van der Waals surface area contributed by atoms with E-state index in [0.717, 1.165) is 25.3 Å². The van der Waals surface area contributed by atoms with Crippen LogP contribution < -0.4 is 0 Å². The van der Waals surface area contributed by atoms with E-state index in [1.807, 2.05) is 6.07 Å². The Kier molecular flexibility index (Phi) is 2.92. The first kappa shape index (κ1) is 11.7. The minimum Gasteiger partial charge on any atom is -0.476 e. The third kappa shape index (κ3) is 2.43. The zero-order valence-corrected chi connectivity index (χ0v) is 10.0. The molecule has 3 heterocycles. The van der Waals surface area contributed by atoms with E-state index in [2.05, 4.69) is 25.2 Å². The summed E-state index contributed by atoms with van der Waals surface area (Å²) in [6.07, 6.45) is 4.72. The van der Waals surface area contributed by atoms with Crippen molar-refractivity contribution in [3.8, 4) is 0 Å². The fourth-order valence-electron chi connectivity index (χ4n) is 2.03. The molecule has 8 heteroatoms. The van der Waals surface area contributed by atoms with Gasteiger partial charge in [-0.25, -0.2) is 19.4 Å². The molecular formula is C11H12N6O2. The Labute approximate surface area is 108 Å². The smallest absolute Gasteiger partial charge is 0.358 e. The van der Waals surface area contributed by atoms with Crippen molar-refractivity contribution >= 4 is 5.97 Å². The topological polar surface area (TPSA) is 97.0 Å². The number of aromatic nitrogens is 5. The van der Waals surface area contributed by atoms with Gasteiger partial charge in [-0.1, -0.05) is 5.21 Å². The fraction of sp³-hybridized carbons (Fsp3) is 0.364. The van der Waals surface area contributed by atoms with E-state index in [1.165, 1.54) is 12.5 Å². The van der Waals surface area contributed by atoms with Crippen LogP contribution in [0.2, 0.25) is 0 Å². The molecular weight excluding hydrogens is 248 g/mol. The first-order valence-electron chi connectivity index (χ1n) is 5.85. The average molecular weight is 260 g/mol. The van der Waals surface area contributed by atoms with Gasteiger partial charge in [0.05, 0.1) is 17.9 Å². The van der Waals surface area contributed by atoms with Crippen LogP contribution in [0.3, 0.4) is 0 Å². The molecule has 0 bridgehead atoms. The number of carbonyl (C=O) groups is 1. The van der Waals surface area contributed by atoms with Crippen LogP contribution in [-0.4, -0.2) is 54.0 Å². The standard InChI is InChI=1S/C11H12N6O2/c18-11(19)10-6-17(15-14-10)9-4-16(5-9)3-8-1-2-12-7-13-8/h1-2,6-7,9H,3-5H2,(H,18,19). The highest BCUT2D eigenvalue weighted by atomic mass is 16.4. The molecule has 19 heavy (non-hydrogen) atoms. The van der Waals surface area contributed by atoms with Crippen LogP contribution in [0.15, 0.2) is 24.8 Å². The second-order valence-electron chi connectivity index (χ2n) is 4.44. The highest BCUT2D eigenvalue weighted by molar-refractivity contribution is 5.84. The predicted octanol–water partition coefficient (Wildman–Crippen LogP) is -0.177. The van der Waals surface area contributed by atoms with Crippen molar-refractivity contribution in [3.63, 3.8) is 0 Å². The maximum Gasteiger partial charge on any atom is 0.358 e. The van der Waals surface area contributed by atoms with Crippen molar-refractivity contribution < 1.29 is 9.90 Å². The minimum atomic E-state index is -1.05. The number of hydrogen-bond acceptors (Lipinski definition) is 6. The summed E-state index contributed by atoms with van der Waals surface area (Å²) in [4.78, 5) is 20.9. The summed E-state index contributed by atoms with van der Waals surface area (Å²) in [6.45, 7) is 2.39. The van der Waals surface area contributed by atoms with E-state index in [4.69, 9.17) is 5.11 Å². The van der Waals surface area contributed by atoms with Crippen molar-refractivity contribution in [2.24, 2.45) is 0 Å². The van der Waals surface area contributed by atoms with Crippen LogP contribution in [0.5, 0.6) is 0 Å². The molecule has 3 rings (SSSR count). The van der Waals surface area contributed by atoms with E-state index in [1.54, 1.807) is 10.9 Å². The van der Waals surface area contributed by atoms with E-state index < -0.39 is 5.97 Å². The van der Waals surface area contributed by atoms with Crippen LogP contribution in [-0.2, 0) is 6.54 Å². The fourth-order valence-corrected chi connectivity index (χ4v) is 2.03. The summed E-state index contributed by atoms with van der Waals surface area (Å²) in [6, 6.07) is 2.06. The van der Waals surface area contributed by atoms with E-state index in [-0.39, 0.29) is 11.7 Å². The Bertz CT molecular complexity index is 578. The molecule has 0 unspecified atom stereocenters. The van der Waals surface area contributed by atoms with Gasteiger partial charge in [-0.3, -0.25) is 4.90 Å². The van der Waals surface area contributed by atoms with Crippen LogP contribution in [0, 0.1) is 0 Å². The largest absolute Gasteiger partial charge is 0.476 e. The number of carboxylic acids is 1. The molecule has 1 saturated heterocycles. The maximum absolute atomic E-state index is 10.7. The number of likely N-dealkylation sites (tertiary alicyclic amines) is 1. The predicted molar refractivity (Wildman–Crippen MR) is 63.3 cm³/mol. The Morgan fingerprint density at radius 2 is 2.32 bits per heavy atom. The highest BCUT2D eigenvalue weighted by Gasteiger charge is 2.29. The molecule has 1 fully saturated rings. The van der Waals surface area contributed by atoms with Gasteiger partial charge in [0.1, 0.15) is 6.33 Å². The summed E-state index contributed by atoms with van der Waals surface area (Å²) in [5, 5.41) is 16.2. The van der Waals surface area contributed by atoms with Crippen molar-refractivity contribution in [2.75, 3.05) is 13.1 Å². The summed E-state index contributed by atoms with van der Waals surface area (Å²) < 4.78 is 1.61. The zero-order valence-electron chi connectivity index (χ0n) is 10.0. The molecule has 98 valence electrons. The van der Waals surface area contributed by atoms with Gasteiger partial charge in [-0.05, 0) is 6.07 Å². The van der Waals surface area contributed by atoms with Gasteiger partial charge in [0.15, 0.2) is 5.69 Å². The Morgan fingerprint density at radius 3 is 2.95 bits per heavy atom. The molecule has 0 saturated carbocycles. The van der Waals surface area contributed by atoms with Crippen LogP contribution in [0.4, 0.5) is 0 Å². The average Bonchev–Trinajstić information content (AvgIpc) is 2.84. The molecule has 1 N–H and O–H groups in total. The lowest BCUT2D eigenvalue weighted by molar-refractivity contribution is 0.0690. The van der Waals surface area contributed by atoms with Gasteiger partial charge in [-0.2, -0.15) is 0 Å². The molecule has 1 aliphatic heterocycles. The molecule has 0 aliphatic carbocycles. The van der Waals surface area contributed by atoms with Crippen molar-refractivity contribution in [1.82, 2.24) is 29.9 Å². The highest BCUT2D eigenvalue weighted by Crippen LogP contribution is 2.21. The summed E-state index contributed by atoms with van der Waals surface area (Å²) in [7, 11) is 0. The van der Waals surface area contributed by atoms with Gasteiger partial charge in [0.25, 0.3) is 0 Å². The molecule has 2 aromatic heterocycles. The van der Waals surface area contributed by atoms with Gasteiger partial charge in [0.2, 0.25) is 0 Å². The van der Waals surface area contributed by atoms with E-state index in [0.29, 0.717) is 0 Å². The maximum atomic E-state index is 10.7. The Balaban J connectivity index is 1.56. The van der Waals surface area contributed by atoms with Crippen molar-refractivity contribution in [1.29, 1.82) is 0 Å². The van der Waals surface area contributed by atoms with E-state index >= 15 is 0 Å². The number of carboxylic acid groups (broad SMARTS) is 1. The van der Waals surface area contributed by atoms with Crippen molar-refractivity contribution in [3.05, 3.63) is 36.2 Å². The number of hydrogen-bond donors (Lipinski definition) is 1. The minimum absolute atomic E-state index is 0.0192. The van der Waals surface area contributed by atoms with Crippen LogP contribution >= 0.6 is 0 Å². The summed E-state index contributed by atoms with van der Waals surface area (Å²) >= 11 is 0.